The van der Waals surface area contributed by atoms with Crippen LogP contribution >= 0.6 is 0 Å². The maximum absolute atomic E-state index is 12.2. The van der Waals surface area contributed by atoms with Crippen LogP contribution in [0.5, 0.6) is 0 Å². The molecule has 1 fully saturated rings. The highest BCUT2D eigenvalue weighted by molar-refractivity contribution is 5.81. The highest BCUT2D eigenvalue weighted by atomic mass is 16.2. The van der Waals surface area contributed by atoms with Gasteiger partial charge in [0.1, 0.15) is 0 Å². The molecule has 2 atom stereocenters. The number of likely N-dealkylation sites (N-methyl/N-ethyl adjacent to an activating group) is 1. The number of carbonyl (C=O) groups excluding carboxylic acids is 1. The Kier molecular flexibility index (Phi) is 11.3. The van der Waals surface area contributed by atoms with E-state index in [0.29, 0.717) is 6.04 Å². The molecule has 26 heavy (non-hydrogen) atoms. The lowest BCUT2D eigenvalue weighted by Crippen LogP contribution is -2.45. The molecule has 1 aliphatic rings. The van der Waals surface area contributed by atoms with E-state index in [9.17, 15) is 4.79 Å². The minimum Gasteiger partial charge on any atom is -0.356 e. The van der Waals surface area contributed by atoms with Crippen LogP contribution in [0.1, 0.15) is 65.2 Å². The lowest BCUT2D eigenvalue weighted by molar-refractivity contribution is -0.133. The molecular formula is C20H41N5O. The normalized spacial score (nSPS) is 19.4. The van der Waals surface area contributed by atoms with Gasteiger partial charge in [0.25, 0.3) is 0 Å². The van der Waals surface area contributed by atoms with Crippen molar-refractivity contribution in [3.8, 4) is 0 Å². The van der Waals surface area contributed by atoms with E-state index in [4.69, 9.17) is 0 Å². The van der Waals surface area contributed by atoms with Crippen LogP contribution in [0.2, 0.25) is 0 Å². The molecule has 0 saturated carbocycles. The largest absolute Gasteiger partial charge is 0.356 e. The zero-order valence-electron chi connectivity index (χ0n) is 17.7. The third-order valence-corrected chi connectivity index (χ3v) is 5.10. The summed E-state index contributed by atoms with van der Waals surface area (Å²) in [6.07, 6.45) is 9.51. The number of guanidine groups is 1. The second-order valence-corrected chi connectivity index (χ2v) is 7.67. The molecule has 1 heterocycles. The predicted octanol–water partition coefficient (Wildman–Crippen LogP) is 2.45. The SMILES string of the molecule is CCCCCCC(C)NC(=NC)NCCCN1CCCC1C(=O)N(C)C. The third kappa shape index (κ3) is 8.39. The Balaban J connectivity index is 2.23. The van der Waals surface area contributed by atoms with Gasteiger partial charge in [-0.2, -0.15) is 0 Å². The number of carbonyl (C=O) groups is 1. The van der Waals surface area contributed by atoms with E-state index in [2.05, 4.69) is 34.4 Å². The topological polar surface area (TPSA) is 60.0 Å². The number of nitrogens with one attached hydrogen (secondary N) is 2. The monoisotopic (exact) mass is 367 g/mol. The second-order valence-electron chi connectivity index (χ2n) is 7.67. The fourth-order valence-electron chi connectivity index (χ4n) is 3.54. The van der Waals surface area contributed by atoms with Crippen molar-refractivity contribution in [2.75, 3.05) is 40.8 Å². The van der Waals surface area contributed by atoms with Gasteiger partial charge in [-0.1, -0.05) is 32.6 Å². The van der Waals surface area contributed by atoms with Crippen molar-refractivity contribution in [3.63, 3.8) is 0 Å². The standard InChI is InChI=1S/C20H41N5O/c1-6-7-8-9-12-17(2)23-20(21-3)22-14-11-16-25-15-10-13-18(25)19(26)24(4)5/h17-18H,6-16H2,1-5H3,(H2,21,22,23). The van der Waals surface area contributed by atoms with E-state index in [1.165, 1.54) is 32.1 Å². The smallest absolute Gasteiger partial charge is 0.239 e. The van der Waals surface area contributed by atoms with Crippen molar-refractivity contribution in [2.24, 2.45) is 4.99 Å². The Morgan fingerprint density at radius 1 is 1.27 bits per heavy atom. The molecule has 0 bridgehead atoms. The zero-order valence-corrected chi connectivity index (χ0v) is 17.7. The van der Waals surface area contributed by atoms with Crippen molar-refractivity contribution in [1.29, 1.82) is 0 Å². The first kappa shape index (κ1) is 22.7. The fourth-order valence-corrected chi connectivity index (χ4v) is 3.54. The first-order valence-electron chi connectivity index (χ1n) is 10.4. The summed E-state index contributed by atoms with van der Waals surface area (Å²) in [5.74, 6) is 1.13. The van der Waals surface area contributed by atoms with E-state index in [-0.39, 0.29) is 11.9 Å². The molecule has 0 aromatic heterocycles. The molecular weight excluding hydrogens is 326 g/mol. The van der Waals surface area contributed by atoms with E-state index < -0.39 is 0 Å². The van der Waals surface area contributed by atoms with Gasteiger partial charge < -0.3 is 15.5 Å². The van der Waals surface area contributed by atoms with Gasteiger partial charge in [-0.15, -0.1) is 0 Å². The predicted molar refractivity (Wildman–Crippen MR) is 111 cm³/mol. The fraction of sp³-hybridized carbons (Fsp3) is 0.900. The summed E-state index contributed by atoms with van der Waals surface area (Å²) in [4.78, 5) is 20.6. The van der Waals surface area contributed by atoms with Crippen LogP contribution in [0.15, 0.2) is 4.99 Å². The Bertz CT molecular complexity index is 424. The molecule has 1 aliphatic heterocycles. The van der Waals surface area contributed by atoms with Crippen LogP contribution in [-0.2, 0) is 4.79 Å². The minimum atomic E-state index is 0.0746. The molecule has 6 nitrogen and oxygen atoms in total. The Hall–Kier alpha value is -1.30. The van der Waals surface area contributed by atoms with Gasteiger partial charge in [0.15, 0.2) is 5.96 Å². The molecule has 152 valence electrons. The number of hydrogen-bond acceptors (Lipinski definition) is 3. The molecule has 1 amide bonds. The van der Waals surface area contributed by atoms with Gasteiger partial charge in [0.2, 0.25) is 5.91 Å². The summed E-state index contributed by atoms with van der Waals surface area (Å²) in [5, 5.41) is 6.89. The summed E-state index contributed by atoms with van der Waals surface area (Å²) in [6, 6.07) is 0.518. The van der Waals surface area contributed by atoms with E-state index >= 15 is 0 Å². The molecule has 2 N–H and O–H groups in total. The Morgan fingerprint density at radius 3 is 2.69 bits per heavy atom. The van der Waals surface area contributed by atoms with Crippen molar-refractivity contribution in [1.82, 2.24) is 20.4 Å². The average Bonchev–Trinajstić information content (AvgIpc) is 3.08. The number of likely N-dealkylation sites (tertiary alicyclic amines) is 1. The van der Waals surface area contributed by atoms with E-state index in [1.54, 1.807) is 4.90 Å². The maximum atomic E-state index is 12.2. The summed E-state index contributed by atoms with van der Waals surface area (Å²) in [5.41, 5.74) is 0. The number of nitrogens with zero attached hydrogens (tertiary/aromatic N) is 3. The molecule has 6 heteroatoms. The van der Waals surface area contributed by atoms with Gasteiger partial charge >= 0.3 is 0 Å². The highest BCUT2D eigenvalue weighted by Crippen LogP contribution is 2.18. The summed E-state index contributed by atoms with van der Waals surface area (Å²) in [7, 11) is 5.52. The van der Waals surface area contributed by atoms with Crippen LogP contribution < -0.4 is 10.6 Å². The third-order valence-electron chi connectivity index (χ3n) is 5.10. The van der Waals surface area contributed by atoms with Gasteiger partial charge in [0.05, 0.1) is 6.04 Å². The van der Waals surface area contributed by atoms with Crippen molar-refractivity contribution < 1.29 is 4.79 Å². The zero-order chi connectivity index (χ0) is 19.4. The summed E-state index contributed by atoms with van der Waals surface area (Å²) < 4.78 is 0. The van der Waals surface area contributed by atoms with Crippen LogP contribution in [0, 0.1) is 0 Å². The van der Waals surface area contributed by atoms with Crippen LogP contribution in [0.4, 0.5) is 0 Å². The molecule has 0 aromatic rings. The lowest BCUT2D eigenvalue weighted by atomic mass is 10.1. The van der Waals surface area contributed by atoms with Crippen molar-refractivity contribution >= 4 is 11.9 Å². The number of amides is 1. The van der Waals surface area contributed by atoms with Crippen molar-refractivity contribution in [2.45, 2.75) is 77.3 Å². The maximum Gasteiger partial charge on any atom is 0.239 e. The van der Waals surface area contributed by atoms with Crippen LogP contribution in [0.25, 0.3) is 0 Å². The van der Waals surface area contributed by atoms with Gasteiger partial charge in [-0.25, -0.2) is 0 Å². The quantitative estimate of drug-likeness (QED) is 0.335. The molecule has 1 rings (SSSR count). The molecule has 0 aliphatic carbocycles. The number of rotatable bonds is 11. The second kappa shape index (κ2) is 13.0. The summed E-state index contributed by atoms with van der Waals surface area (Å²) in [6.45, 7) is 7.34. The Morgan fingerprint density at radius 2 is 2.04 bits per heavy atom. The highest BCUT2D eigenvalue weighted by Gasteiger charge is 2.30. The van der Waals surface area contributed by atoms with Gasteiger partial charge in [0, 0.05) is 40.3 Å². The molecule has 0 spiro atoms. The number of hydrogen-bond donors (Lipinski definition) is 2. The van der Waals surface area contributed by atoms with Crippen molar-refractivity contribution in [3.05, 3.63) is 0 Å². The Labute approximate surface area is 160 Å². The molecule has 1 saturated heterocycles. The molecule has 0 radical (unpaired) electrons. The number of aliphatic imine (C=N–C) groups is 1. The van der Waals surface area contributed by atoms with E-state index in [1.807, 2.05) is 21.1 Å². The average molecular weight is 368 g/mol. The van der Waals surface area contributed by atoms with E-state index in [0.717, 1.165) is 44.9 Å². The van der Waals surface area contributed by atoms with Gasteiger partial charge in [-0.3, -0.25) is 14.7 Å². The lowest BCUT2D eigenvalue weighted by Gasteiger charge is -2.26. The first-order valence-corrected chi connectivity index (χ1v) is 10.4. The first-order chi connectivity index (χ1) is 12.5. The minimum absolute atomic E-state index is 0.0746. The molecule has 2 unspecified atom stereocenters. The van der Waals surface area contributed by atoms with Crippen LogP contribution in [0.3, 0.4) is 0 Å². The number of unbranched alkanes of at least 4 members (excludes halogenated alkanes) is 3. The van der Waals surface area contributed by atoms with Crippen LogP contribution in [-0.4, -0.2) is 74.5 Å². The van der Waals surface area contributed by atoms with Gasteiger partial charge in [-0.05, 0) is 39.2 Å². The molecule has 0 aromatic carbocycles. The summed E-state index contributed by atoms with van der Waals surface area (Å²) >= 11 is 0.